The Morgan fingerprint density at radius 2 is 1.93 bits per heavy atom. The van der Waals surface area contributed by atoms with Gasteiger partial charge in [0.05, 0.1) is 12.2 Å². The SMILES string of the molecule is Cc1ccn(Cc2ccccc2CN)n1. The average molecular weight is 201 g/mol. The van der Waals surface area contributed by atoms with Gasteiger partial charge < -0.3 is 5.73 Å². The number of benzene rings is 1. The zero-order valence-corrected chi connectivity index (χ0v) is 8.85. The van der Waals surface area contributed by atoms with Gasteiger partial charge >= 0.3 is 0 Å². The molecule has 0 amide bonds. The summed E-state index contributed by atoms with van der Waals surface area (Å²) in [5.41, 5.74) is 9.15. The number of hydrogen-bond acceptors (Lipinski definition) is 2. The first-order valence-corrected chi connectivity index (χ1v) is 5.06. The Labute approximate surface area is 89.5 Å². The van der Waals surface area contributed by atoms with Crippen LogP contribution in [0, 0.1) is 6.92 Å². The number of nitrogens with two attached hydrogens (primary N) is 1. The zero-order chi connectivity index (χ0) is 10.7. The maximum absolute atomic E-state index is 5.68. The molecule has 78 valence electrons. The van der Waals surface area contributed by atoms with Gasteiger partial charge in [0.2, 0.25) is 0 Å². The van der Waals surface area contributed by atoms with Crippen molar-refractivity contribution in [2.45, 2.75) is 20.0 Å². The maximum Gasteiger partial charge on any atom is 0.0662 e. The van der Waals surface area contributed by atoms with Crippen LogP contribution in [0.4, 0.5) is 0 Å². The van der Waals surface area contributed by atoms with Crippen LogP contribution in [0.3, 0.4) is 0 Å². The summed E-state index contributed by atoms with van der Waals surface area (Å²) < 4.78 is 1.93. The third-order valence-corrected chi connectivity index (χ3v) is 2.44. The van der Waals surface area contributed by atoms with E-state index in [1.165, 1.54) is 11.1 Å². The molecule has 15 heavy (non-hydrogen) atoms. The van der Waals surface area contributed by atoms with Crippen molar-refractivity contribution in [2.24, 2.45) is 5.73 Å². The van der Waals surface area contributed by atoms with E-state index in [1.807, 2.05) is 36.0 Å². The van der Waals surface area contributed by atoms with E-state index in [4.69, 9.17) is 5.73 Å². The Morgan fingerprint density at radius 1 is 1.20 bits per heavy atom. The molecule has 1 aromatic carbocycles. The second-order valence-corrected chi connectivity index (χ2v) is 3.63. The Balaban J connectivity index is 2.23. The summed E-state index contributed by atoms with van der Waals surface area (Å²) in [4.78, 5) is 0. The van der Waals surface area contributed by atoms with Crippen molar-refractivity contribution in [3.8, 4) is 0 Å². The highest BCUT2D eigenvalue weighted by molar-refractivity contribution is 5.27. The number of nitrogens with zero attached hydrogens (tertiary/aromatic N) is 2. The molecular formula is C12H15N3. The first kappa shape index (κ1) is 9.93. The van der Waals surface area contributed by atoms with Gasteiger partial charge in [-0.1, -0.05) is 24.3 Å². The fraction of sp³-hybridized carbons (Fsp3) is 0.250. The van der Waals surface area contributed by atoms with E-state index in [0.717, 1.165) is 12.2 Å². The molecule has 0 aliphatic heterocycles. The van der Waals surface area contributed by atoms with Gasteiger partial charge in [0.15, 0.2) is 0 Å². The normalized spacial score (nSPS) is 10.5. The molecule has 0 spiro atoms. The molecule has 0 saturated heterocycles. The lowest BCUT2D eigenvalue weighted by Crippen LogP contribution is -2.06. The maximum atomic E-state index is 5.68. The lowest BCUT2D eigenvalue weighted by atomic mass is 10.1. The van der Waals surface area contributed by atoms with Crippen molar-refractivity contribution in [1.82, 2.24) is 9.78 Å². The molecule has 3 nitrogen and oxygen atoms in total. The highest BCUT2D eigenvalue weighted by atomic mass is 15.3. The largest absolute Gasteiger partial charge is 0.326 e. The number of hydrogen-bond donors (Lipinski definition) is 1. The standard InChI is InChI=1S/C12H15N3/c1-10-6-7-15(14-10)9-12-5-3-2-4-11(12)8-13/h2-7H,8-9,13H2,1H3. The second-order valence-electron chi connectivity index (χ2n) is 3.63. The zero-order valence-electron chi connectivity index (χ0n) is 8.85. The topological polar surface area (TPSA) is 43.8 Å². The molecule has 3 heteroatoms. The van der Waals surface area contributed by atoms with E-state index in [0.29, 0.717) is 6.54 Å². The highest BCUT2D eigenvalue weighted by Gasteiger charge is 2.01. The third kappa shape index (κ3) is 2.25. The Kier molecular flexibility index (Phi) is 2.83. The summed E-state index contributed by atoms with van der Waals surface area (Å²) in [6.07, 6.45) is 1.99. The minimum atomic E-state index is 0.580. The van der Waals surface area contributed by atoms with E-state index in [2.05, 4.69) is 17.2 Å². The first-order valence-electron chi connectivity index (χ1n) is 5.06. The molecule has 0 radical (unpaired) electrons. The quantitative estimate of drug-likeness (QED) is 0.821. The molecular weight excluding hydrogens is 186 g/mol. The van der Waals surface area contributed by atoms with Crippen LogP contribution in [-0.2, 0) is 13.1 Å². The van der Waals surface area contributed by atoms with Crippen LogP contribution >= 0.6 is 0 Å². The third-order valence-electron chi connectivity index (χ3n) is 2.44. The van der Waals surface area contributed by atoms with Gasteiger partial charge in [-0.2, -0.15) is 5.10 Å². The van der Waals surface area contributed by atoms with Gasteiger partial charge in [0, 0.05) is 12.7 Å². The van der Waals surface area contributed by atoms with Crippen LogP contribution in [-0.4, -0.2) is 9.78 Å². The molecule has 0 aliphatic carbocycles. The molecule has 0 atom stereocenters. The van der Waals surface area contributed by atoms with Crippen LogP contribution in [0.2, 0.25) is 0 Å². The molecule has 0 aliphatic rings. The molecule has 0 fully saturated rings. The van der Waals surface area contributed by atoms with Crippen LogP contribution in [0.5, 0.6) is 0 Å². The molecule has 2 N–H and O–H groups in total. The molecule has 0 saturated carbocycles. The van der Waals surface area contributed by atoms with Crippen LogP contribution in [0.15, 0.2) is 36.5 Å². The summed E-state index contributed by atoms with van der Waals surface area (Å²) in [6.45, 7) is 3.36. The predicted molar refractivity (Wildman–Crippen MR) is 60.4 cm³/mol. The van der Waals surface area contributed by atoms with Gasteiger partial charge in [0.1, 0.15) is 0 Å². The van der Waals surface area contributed by atoms with Crippen molar-refractivity contribution < 1.29 is 0 Å². The Bertz CT molecular complexity index is 446. The van der Waals surface area contributed by atoms with Crippen molar-refractivity contribution in [1.29, 1.82) is 0 Å². The fourth-order valence-corrected chi connectivity index (χ4v) is 1.64. The molecule has 1 aromatic heterocycles. The molecule has 1 heterocycles. The average Bonchev–Trinajstić information content (AvgIpc) is 2.65. The summed E-state index contributed by atoms with van der Waals surface area (Å²) in [5, 5.41) is 4.36. The van der Waals surface area contributed by atoms with Gasteiger partial charge in [-0.3, -0.25) is 4.68 Å². The molecule has 0 unspecified atom stereocenters. The number of aromatic nitrogens is 2. The number of rotatable bonds is 3. The van der Waals surface area contributed by atoms with Gasteiger partial charge in [-0.25, -0.2) is 0 Å². The van der Waals surface area contributed by atoms with E-state index in [1.54, 1.807) is 0 Å². The van der Waals surface area contributed by atoms with E-state index in [9.17, 15) is 0 Å². The second kappa shape index (κ2) is 4.28. The molecule has 2 aromatic rings. The highest BCUT2D eigenvalue weighted by Crippen LogP contribution is 2.09. The van der Waals surface area contributed by atoms with Crippen LogP contribution in [0.25, 0.3) is 0 Å². The Hall–Kier alpha value is -1.61. The summed E-state index contributed by atoms with van der Waals surface area (Å²) in [7, 11) is 0. The smallest absolute Gasteiger partial charge is 0.0662 e. The minimum absolute atomic E-state index is 0.580. The van der Waals surface area contributed by atoms with E-state index >= 15 is 0 Å². The lowest BCUT2D eigenvalue weighted by molar-refractivity contribution is 0.674. The van der Waals surface area contributed by atoms with Crippen LogP contribution in [0.1, 0.15) is 16.8 Å². The summed E-state index contributed by atoms with van der Waals surface area (Å²) in [6, 6.07) is 10.2. The van der Waals surface area contributed by atoms with Crippen molar-refractivity contribution >= 4 is 0 Å². The lowest BCUT2D eigenvalue weighted by Gasteiger charge is -2.07. The predicted octanol–water partition coefficient (Wildman–Crippen LogP) is 1.70. The number of aryl methyl sites for hydroxylation is 1. The van der Waals surface area contributed by atoms with E-state index in [-0.39, 0.29) is 0 Å². The van der Waals surface area contributed by atoms with Crippen molar-refractivity contribution in [3.63, 3.8) is 0 Å². The van der Waals surface area contributed by atoms with Gasteiger partial charge in [-0.15, -0.1) is 0 Å². The summed E-state index contributed by atoms with van der Waals surface area (Å²) in [5.74, 6) is 0. The van der Waals surface area contributed by atoms with E-state index < -0.39 is 0 Å². The van der Waals surface area contributed by atoms with Gasteiger partial charge in [-0.05, 0) is 24.1 Å². The minimum Gasteiger partial charge on any atom is -0.326 e. The fourth-order valence-electron chi connectivity index (χ4n) is 1.64. The molecule has 2 rings (SSSR count). The monoisotopic (exact) mass is 201 g/mol. The Morgan fingerprint density at radius 3 is 2.53 bits per heavy atom. The molecule has 0 bridgehead atoms. The van der Waals surface area contributed by atoms with Crippen molar-refractivity contribution in [2.75, 3.05) is 0 Å². The van der Waals surface area contributed by atoms with Gasteiger partial charge in [0.25, 0.3) is 0 Å². The van der Waals surface area contributed by atoms with Crippen LogP contribution < -0.4 is 5.73 Å². The first-order chi connectivity index (χ1) is 7.29. The van der Waals surface area contributed by atoms with Crippen molar-refractivity contribution in [3.05, 3.63) is 53.3 Å². The summed E-state index contributed by atoms with van der Waals surface area (Å²) >= 11 is 0.